The highest BCUT2D eigenvalue weighted by Crippen LogP contribution is 2.24. The van der Waals surface area contributed by atoms with Gasteiger partial charge in [-0.2, -0.15) is 0 Å². The van der Waals surface area contributed by atoms with Gasteiger partial charge in [-0.15, -0.1) is 0 Å². The average molecular weight is 279 g/mol. The number of amides is 2. The van der Waals surface area contributed by atoms with E-state index in [1.54, 1.807) is 17.3 Å². The Morgan fingerprint density at radius 3 is 2.70 bits per heavy atom. The smallest absolute Gasteiger partial charge is 0.314 e. The number of hydrogen-bond donors (Lipinski definition) is 1. The third kappa shape index (κ3) is 3.49. The van der Waals surface area contributed by atoms with Crippen LogP contribution in [0.1, 0.15) is 20.3 Å². The fraction of sp³-hybridized carbons (Fsp3) is 0.615. The van der Waals surface area contributed by atoms with Gasteiger partial charge in [-0.1, -0.05) is 0 Å². The molecule has 7 nitrogen and oxygen atoms in total. The van der Waals surface area contributed by atoms with Gasteiger partial charge in [-0.05, 0) is 20.3 Å². The molecule has 1 aromatic rings. The SMILES string of the molecule is CC(C)Oc1nccnc1N1CCCN(C(N)=O)CC1. The van der Waals surface area contributed by atoms with Crippen molar-refractivity contribution in [1.29, 1.82) is 0 Å². The van der Waals surface area contributed by atoms with Gasteiger partial charge >= 0.3 is 6.03 Å². The number of nitrogens with zero attached hydrogens (tertiary/aromatic N) is 4. The predicted molar refractivity (Wildman–Crippen MR) is 75.8 cm³/mol. The Bertz CT molecular complexity index is 466. The van der Waals surface area contributed by atoms with E-state index in [1.165, 1.54) is 0 Å². The molecule has 1 saturated heterocycles. The quantitative estimate of drug-likeness (QED) is 0.887. The molecule has 110 valence electrons. The molecule has 1 aliphatic heterocycles. The summed E-state index contributed by atoms with van der Waals surface area (Å²) in [6, 6.07) is -0.371. The lowest BCUT2D eigenvalue weighted by atomic mass is 10.4. The molecule has 0 spiro atoms. The maximum Gasteiger partial charge on any atom is 0.314 e. The summed E-state index contributed by atoms with van der Waals surface area (Å²) in [5.74, 6) is 1.27. The van der Waals surface area contributed by atoms with Crippen LogP contribution in [0, 0.1) is 0 Å². The Morgan fingerprint density at radius 1 is 1.25 bits per heavy atom. The van der Waals surface area contributed by atoms with Gasteiger partial charge in [0, 0.05) is 38.6 Å². The number of rotatable bonds is 3. The molecule has 0 saturated carbocycles. The molecular weight excluding hydrogens is 258 g/mol. The summed E-state index contributed by atoms with van der Waals surface area (Å²) >= 11 is 0. The Morgan fingerprint density at radius 2 is 2.00 bits per heavy atom. The fourth-order valence-electron chi connectivity index (χ4n) is 2.19. The lowest BCUT2D eigenvalue weighted by Crippen LogP contribution is -2.38. The number of carbonyl (C=O) groups excluding carboxylic acids is 1. The van der Waals surface area contributed by atoms with Gasteiger partial charge in [-0.3, -0.25) is 0 Å². The molecule has 0 radical (unpaired) electrons. The van der Waals surface area contributed by atoms with E-state index in [4.69, 9.17) is 10.5 Å². The number of carbonyl (C=O) groups is 1. The minimum Gasteiger partial charge on any atom is -0.472 e. The lowest BCUT2D eigenvalue weighted by molar-refractivity contribution is 0.211. The highest BCUT2D eigenvalue weighted by atomic mass is 16.5. The van der Waals surface area contributed by atoms with Crippen LogP contribution in [0.25, 0.3) is 0 Å². The van der Waals surface area contributed by atoms with Gasteiger partial charge in [0.1, 0.15) is 0 Å². The van der Waals surface area contributed by atoms with Crippen LogP contribution in [0.3, 0.4) is 0 Å². The molecule has 2 N–H and O–H groups in total. The average Bonchev–Trinajstić information content (AvgIpc) is 2.64. The zero-order chi connectivity index (χ0) is 14.5. The van der Waals surface area contributed by atoms with E-state index in [1.807, 2.05) is 13.8 Å². The van der Waals surface area contributed by atoms with Crippen LogP contribution in [-0.2, 0) is 0 Å². The highest BCUT2D eigenvalue weighted by Gasteiger charge is 2.21. The molecular formula is C13H21N5O2. The summed E-state index contributed by atoms with van der Waals surface area (Å²) in [4.78, 5) is 23.6. The van der Waals surface area contributed by atoms with Gasteiger partial charge in [0.15, 0.2) is 5.82 Å². The van der Waals surface area contributed by atoms with Crippen LogP contribution in [0.2, 0.25) is 0 Å². The molecule has 2 amide bonds. The van der Waals surface area contributed by atoms with Crippen molar-refractivity contribution in [3.8, 4) is 5.88 Å². The number of aromatic nitrogens is 2. The predicted octanol–water partition coefficient (Wildman–Crippen LogP) is 0.855. The van der Waals surface area contributed by atoms with Crippen molar-refractivity contribution in [2.45, 2.75) is 26.4 Å². The summed E-state index contributed by atoms with van der Waals surface area (Å²) in [5.41, 5.74) is 5.33. The minimum atomic E-state index is -0.371. The first kappa shape index (κ1) is 14.4. The maximum absolute atomic E-state index is 11.2. The van der Waals surface area contributed by atoms with Crippen molar-refractivity contribution >= 4 is 11.8 Å². The molecule has 0 bridgehead atoms. The molecule has 1 aliphatic rings. The Balaban J connectivity index is 2.13. The van der Waals surface area contributed by atoms with E-state index < -0.39 is 0 Å². The number of anilines is 1. The summed E-state index contributed by atoms with van der Waals surface area (Å²) in [6.45, 7) is 6.65. The van der Waals surface area contributed by atoms with Crippen LogP contribution < -0.4 is 15.4 Å². The van der Waals surface area contributed by atoms with Crippen molar-refractivity contribution in [1.82, 2.24) is 14.9 Å². The van der Waals surface area contributed by atoms with Crippen molar-refractivity contribution in [3.63, 3.8) is 0 Å². The van der Waals surface area contributed by atoms with Crippen molar-refractivity contribution in [2.75, 3.05) is 31.1 Å². The Labute approximate surface area is 118 Å². The monoisotopic (exact) mass is 279 g/mol. The van der Waals surface area contributed by atoms with Crippen LogP contribution in [0.5, 0.6) is 5.88 Å². The molecule has 0 unspecified atom stereocenters. The number of primary amides is 1. The summed E-state index contributed by atoms with van der Waals surface area (Å²) in [6.07, 6.45) is 4.16. The van der Waals surface area contributed by atoms with Crippen molar-refractivity contribution < 1.29 is 9.53 Å². The molecule has 0 aliphatic carbocycles. The van der Waals surface area contributed by atoms with Gasteiger partial charge in [0.25, 0.3) is 5.88 Å². The van der Waals surface area contributed by atoms with E-state index in [0.29, 0.717) is 25.5 Å². The van der Waals surface area contributed by atoms with E-state index in [0.717, 1.165) is 18.8 Å². The second-order valence-electron chi connectivity index (χ2n) is 5.02. The summed E-state index contributed by atoms with van der Waals surface area (Å²) < 4.78 is 5.69. The zero-order valence-electron chi connectivity index (χ0n) is 12.0. The third-order valence-electron chi connectivity index (χ3n) is 3.10. The van der Waals surface area contributed by atoms with Crippen LogP contribution in [-0.4, -0.2) is 53.2 Å². The van der Waals surface area contributed by atoms with Gasteiger partial charge in [-0.25, -0.2) is 14.8 Å². The Hall–Kier alpha value is -2.05. The number of ether oxygens (including phenoxy) is 1. The molecule has 2 heterocycles. The molecule has 1 fully saturated rings. The first-order chi connectivity index (χ1) is 9.58. The van der Waals surface area contributed by atoms with E-state index >= 15 is 0 Å². The maximum atomic E-state index is 11.2. The molecule has 2 rings (SSSR count). The summed E-state index contributed by atoms with van der Waals surface area (Å²) in [7, 11) is 0. The summed E-state index contributed by atoms with van der Waals surface area (Å²) in [5, 5.41) is 0. The standard InChI is InChI=1S/C13H21N5O2/c1-10(2)20-12-11(15-4-5-16-12)17-6-3-7-18(9-8-17)13(14)19/h4-5,10H,3,6-9H2,1-2H3,(H2,14,19). The van der Waals surface area contributed by atoms with E-state index in [2.05, 4.69) is 14.9 Å². The van der Waals surface area contributed by atoms with Gasteiger partial charge in [0.05, 0.1) is 6.10 Å². The minimum absolute atomic E-state index is 0.0412. The number of hydrogen-bond acceptors (Lipinski definition) is 5. The van der Waals surface area contributed by atoms with E-state index in [-0.39, 0.29) is 12.1 Å². The van der Waals surface area contributed by atoms with Crippen LogP contribution >= 0.6 is 0 Å². The van der Waals surface area contributed by atoms with Crippen molar-refractivity contribution in [3.05, 3.63) is 12.4 Å². The molecule has 20 heavy (non-hydrogen) atoms. The van der Waals surface area contributed by atoms with Crippen molar-refractivity contribution in [2.24, 2.45) is 5.73 Å². The van der Waals surface area contributed by atoms with Gasteiger partial charge in [0.2, 0.25) is 0 Å². The Kier molecular flexibility index (Phi) is 4.60. The largest absolute Gasteiger partial charge is 0.472 e. The highest BCUT2D eigenvalue weighted by molar-refractivity contribution is 5.72. The topological polar surface area (TPSA) is 84.6 Å². The second kappa shape index (κ2) is 6.40. The molecule has 7 heteroatoms. The first-order valence-corrected chi connectivity index (χ1v) is 6.85. The first-order valence-electron chi connectivity index (χ1n) is 6.85. The molecule has 0 aromatic carbocycles. The number of urea groups is 1. The van der Waals surface area contributed by atoms with Crippen LogP contribution in [0.15, 0.2) is 12.4 Å². The second-order valence-corrected chi connectivity index (χ2v) is 5.02. The fourth-order valence-corrected chi connectivity index (χ4v) is 2.19. The van der Waals surface area contributed by atoms with Crippen LogP contribution in [0.4, 0.5) is 10.6 Å². The normalized spacial score (nSPS) is 16.1. The molecule has 0 atom stereocenters. The third-order valence-corrected chi connectivity index (χ3v) is 3.10. The number of nitrogens with two attached hydrogens (primary N) is 1. The van der Waals surface area contributed by atoms with Gasteiger partial charge < -0.3 is 20.3 Å². The van der Waals surface area contributed by atoms with E-state index in [9.17, 15) is 4.79 Å². The zero-order valence-corrected chi connectivity index (χ0v) is 12.0. The lowest BCUT2D eigenvalue weighted by Gasteiger charge is -2.23. The molecule has 1 aromatic heterocycles.